The van der Waals surface area contributed by atoms with Crippen LogP contribution < -0.4 is 10.5 Å². The van der Waals surface area contributed by atoms with E-state index in [4.69, 9.17) is 10.8 Å². The number of aliphatic hydroxyl groups is 1. The quantitative estimate of drug-likeness (QED) is 0.405. The Bertz CT molecular complexity index is 110. The van der Waals surface area contributed by atoms with Crippen LogP contribution >= 0.6 is 12.8 Å². The molecule has 0 bridgehead atoms. The summed E-state index contributed by atoms with van der Waals surface area (Å²) in [6.07, 6.45) is 0.0617. The number of nitrogens with two attached hydrogens (primary N) is 1. The first-order chi connectivity index (χ1) is 4.72. The lowest BCUT2D eigenvalue weighted by Crippen LogP contribution is -2.29. The normalized spacial score (nSPS) is 12.7. The Balaban J connectivity index is 3.41. The van der Waals surface area contributed by atoms with Crippen LogP contribution in [0.1, 0.15) is 12.8 Å². The molecule has 4 nitrogen and oxygen atoms in total. The highest BCUT2D eigenvalue weighted by Crippen LogP contribution is 1.95. The van der Waals surface area contributed by atoms with Crippen molar-refractivity contribution < 1.29 is 9.90 Å². The molecule has 10 heavy (non-hydrogen) atoms. The van der Waals surface area contributed by atoms with E-state index in [0.29, 0.717) is 19.4 Å². The number of rotatable bonds is 4. The lowest BCUT2D eigenvalue weighted by atomic mass is 10.2. The zero-order valence-corrected chi connectivity index (χ0v) is 6.47. The van der Waals surface area contributed by atoms with Crippen LogP contribution in [0.5, 0.6) is 0 Å². The Morgan fingerprint density at radius 2 is 2.40 bits per heavy atom. The molecule has 0 radical (unpaired) electrons. The number of amides is 1. The number of carbonyl (C=O) groups is 1. The Labute approximate surface area is 65.3 Å². The summed E-state index contributed by atoms with van der Waals surface area (Å²) >= 11 is 3.49. The lowest BCUT2D eigenvalue weighted by molar-refractivity contribution is -0.127. The van der Waals surface area contributed by atoms with Gasteiger partial charge in [-0.2, -0.15) is 0 Å². The first-order valence-electron chi connectivity index (χ1n) is 3.04. The molecule has 0 spiro atoms. The molecule has 4 N–H and O–H groups in total. The predicted molar refractivity (Wildman–Crippen MR) is 41.4 cm³/mol. The largest absolute Gasteiger partial charge is 0.383 e. The molecule has 0 saturated heterocycles. The highest BCUT2D eigenvalue weighted by Gasteiger charge is 2.11. The molecule has 0 saturated carbocycles. The van der Waals surface area contributed by atoms with Gasteiger partial charge < -0.3 is 15.6 Å². The van der Waals surface area contributed by atoms with Crippen LogP contribution in [-0.4, -0.2) is 23.7 Å². The molecular weight excluding hydrogens is 152 g/mol. The molecular formula is C5H12N2O2S. The Morgan fingerprint density at radius 1 is 1.80 bits per heavy atom. The highest BCUT2D eigenvalue weighted by atomic mass is 32.1. The minimum atomic E-state index is -0.971. The second-order valence-electron chi connectivity index (χ2n) is 1.92. The third kappa shape index (κ3) is 3.71. The molecule has 1 unspecified atom stereocenters. The summed E-state index contributed by atoms with van der Waals surface area (Å²) in [7, 11) is 0. The lowest BCUT2D eigenvalue weighted by Gasteiger charge is -2.05. The third-order valence-electron chi connectivity index (χ3n) is 1.09. The smallest absolute Gasteiger partial charge is 0.258 e. The van der Waals surface area contributed by atoms with Gasteiger partial charge in [0.1, 0.15) is 6.10 Å². The minimum absolute atomic E-state index is 0.392. The van der Waals surface area contributed by atoms with Gasteiger partial charge in [-0.15, -0.1) is 0 Å². The van der Waals surface area contributed by atoms with Crippen LogP contribution in [0, 0.1) is 0 Å². The average Bonchev–Trinajstić information content (AvgIpc) is 1.98. The van der Waals surface area contributed by atoms with Crippen molar-refractivity contribution >= 4 is 18.7 Å². The standard InChI is InChI=1S/C5H12N2O2S/c6-3-1-2-4(8)5(9)7-10/h4,8,10H,1-3,6H2,(H,7,9). The van der Waals surface area contributed by atoms with Crippen molar-refractivity contribution in [3.05, 3.63) is 0 Å². The van der Waals surface area contributed by atoms with Gasteiger partial charge in [0, 0.05) is 0 Å². The Morgan fingerprint density at radius 3 is 2.80 bits per heavy atom. The van der Waals surface area contributed by atoms with Crippen molar-refractivity contribution in [3.8, 4) is 0 Å². The van der Waals surface area contributed by atoms with E-state index in [9.17, 15) is 4.79 Å². The second kappa shape index (κ2) is 5.52. The maximum atomic E-state index is 10.5. The van der Waals surface area contributed by atoms with Gasteiger partial charge in [-0.05, 0) is 19.4 Å². The van der Waals surface area contributed by atoms with Crippen LogP contribution in [0.3, 0.4) is 0 Å². The highest BCUT2D eigenvalue weighted by molar-refractivity contribution is 7.78. The van der Waals surface area contributed by atoms with Crippen molar-refractivity contribution in [1.29, 1.82) is 0 Å². The van der Waals surface area contributed by atoms with E-state index in [0.717, 1.165) is 0 Å². The Hall–Kier alpha value is -0.260. The van der Waals surface area contributed by atoms with Crippen LogP contribution in [0.2, 0.25) is 0 Å². The van der Waals surface area contributed by atoms with Crippen molar-refractivity contribution in [3.63, 3.8) is 0 Å². The fourth-order valence-electron chi connectivity index (χ4n) is 0.517. The molecule has 0 aliphatic rings. The molecule has 0 rings (SSSR count). The number of thiol groups is 1. The van der Waals surface area contributed by atoms with Gasteiger partial charge in [-0.3, -0.25) is 4.79 Å². The molecule has 0 aliphatic carbocycles. The molecule has 0 fully saturated rings. The predicted octanol–water partition coefficient (Wildman–Crippen LogP) is -0.953. The summed E-state index contributed by atoms with van der Waals surface area (Å²) in [5.41, 5.74) is 5.16. The molecule has 60 valence electrons. The van der Waals surface area contributed by atoms with Crippen molar-refractivity contribution in [2.45, 2.75) is 18.9 Å². The van der Waals surface area contributed by atoms with Crippen molar-refractivity contribution in [2.75, 3.05) is 6.54 Å². The van der Waals surface area contributed by atoms with Crippen molar-refractivity contribution in [2.24, 2.45) is 5.73 Å². The monoisotopic (exact) mass is 164 g/mol. The van der Waals surface area contributed by atoms with Gasteiger partial charge in [0.25, 0.3) is 5.91 Å². The summed E-state index contributed by atoms with van der Waals surface area (Å²) in [5.74, 6) is -0.475. The first-order valence-corrected chi connectivity index (χ1v) is 3.49. The zero-order valence-electron chi connectivity index (χ0n) is 5.58. The molecule has 0 aromatic carbocycles. The maximum absolute atomic E-state index is 10.5. The van der Waals surface area contributed by atoms with Crippen molar-refractivity contribution in [1.82, 2.24) is 4.72 Å². The summed E-state index contributed by atoms with van der Waals surface area (Å²) in [6, 6.07) is 0. The third-order valence-corrected chi connectivity index (χ3v) is 1.31. The van der Waals surface area contributed by atoms with Gasteiger partial charge in [-0.25, -0.2) is 0 Å². The number of carbonyl (C=O) groups excluding carboxylic acids is 1. The van der Waals surface area contributed by atoms with Gasteiger partial charge in [0.2, 0.25) is 0 Å². The number of nitrogens with one attached hydrogen (secondary N) is 1. The van der Waals surface area contributed by atoms with Crippen LogP contribution in [0.15, 0.2) is 0 Å². The van der Waals surface area contributed by atoms with Gasteiger partial charge in [-0.1, -0.05) is 12.8 Å². The van der Waals surface area contributed by atoms with E-state index in [1.165, 1.54) is 0 Å². The number of hydrogen-bond acceptors (Lipinski definition) is 4. The van der Waals surface area contributed by atoms with E-state index in [1.807, 2.05) is 4.72 Å². The van der Waals surface area contributed by atoms with E-state index < -0.39 is 12.0 Å². The summed E-state index contributed by atoms with van der Waals surface area (Å²) in [5, 5.41) is 8.93. The molecule has 5 heteroatoms. The van der Waals surface area contributed by atoms with E-state index >= 15 is 0 Å². The zero-order chi connectivity index (χ0) is 7.98. The minimum Gasteiger partial charge on any atom is -0.383 e. The average molecular weight is 164 g/mol. The molecule has 1 atom stereocenters. The summed E-state index contributed by atoms with van der Waals surface area (Å²) < 4.78 is 2.04. The fraction of sp³-hybridized carbons (Fsp3) is 0.800. The maximum Gasteiger partial charge on any atom is 0.258 e. The van der Waals surface area contributed by atoms with Gasteiger partial charge >= 0.3 is 0 Å². The molecule has 0 heterocycles. The molecule has 1 amide bonds. The Kier molecular flexibility index (Phi) is 5.38. The molecule has 0 aromatic rings. The van der Waals surface area contributed by atoms with E-state index in [2.05, 4.69) is 12.8 Å². The molecule has 0 aliphatic heterocycles. The van der Waals surface area contributed by atoms with E-state index in [1.54, 1.807) is 0 Å². The number of hydrogen-bond donors (Lipinski definition) is 4. The van der Waals surface area contributed by atoms with Crippen LogP contribution in [-0.2, 0) is 4.79 Å². The van der Waals surface area contributed by atoms with Crippen LogP contribution in [0.25, 0.3) is 0 Å². The van der Waals surface area contributed by atoms with Gasteiger partial charge in [0.05, 0.1) is 0 Å². The second-order valence-corrected chi connectivity index (χ2v) is 2.15. The SMILES string of the molecule is NCCCC(O)C(=O)NS. The number of aliphatic hydroxyl groups excluding tert-OH is 1. The summed E-state index contributed by atoms with van der Waals surface area (Å²) in [6.45, 7) is 0.483. The molecule has 0 aromatic heterocycles. The topological polar surface area (TPSA) is 75.3 Å². The fourth-order valence-corrected chi connectivity index (χ4v) is 0.666. The summed E-state index contributed by atoms with van der Waals surface area (Å²) in [4.78, 5) is 10.5. The first kappa shape index (κ1) is 9.74. The van der Waals surface area contributed by atoms with Gasteiger partial charge in [0.15, 0.2) is 0 Å². The van der Waals surface area contributed by atoms with E-state index in [-0.39, 0.29) is 0 Å². The van der Waals surface area contributed by atoms with Crippen LogP contribution in [0.4, 0.5) is 0 Å².